The lowest BCUT2D eigenvalue weighted by atomic mass is 9.99. The van der Waals surface area contributed by atoms with Crippen LogP contribution in [0.3, 0.4) is 0 Å². The minimum atomic E-state index is -3.26. The van der Waals surface area contributed by atoms with E-state index >= 15 is 0 Å². The second-order valence-corrected chi connectivity index (χ2v) is 10.6. The van der Waals surface area contributed by atoms with Crippen molar-refractivity contribution in [3.63, 3.8) is 0 Å². The van der Waals surface area contributed by atoms with Crippen molar-refractivity contribution in [2.75, 3.05) is 27.6 Å². The van der Waals surface area contributed by atoms with Crippen molar-refractivity contribution in [3.05, 3.63) is 60.4 Å². The van der Waals surface area contributed by atoms with Gasteiger partial charge in [0.25, 0.3) is 6.29 Å². The van der Waals surface area contributed by atoms with Crippen LogP contribution in [0.4, 0.5) is 0 Å². The highest BCUT2D eigenvalue weighted by atomic mass is 32.2. The zero-order chi connectivity index (χ0) is 26.6. The molecule has 11 nitrogen and oxygen atoms in total. The molecule has 0 N–H and O–H groups in total. The second-order valence-electron chi connectivity index (χ2n) is 8.55. The standard InChI is InChI=1S/C25H30N4O7S/c1-16-21(32-2)22(33-3)23(34-4)25(35-16)36-27-14-17-6-8-18(9-7-17)24-26-15-29(28-24)19-10-12-20(13-11-19)37(5,30)31/h6-16,21-23,25H,1-5H3/b27-14-/t16-,21-,22+,23+,25-/m0/s1. The molecule has 2 heterocycles. The molecule has 0 spiro atoms. The molecule has 0 aliphatic carbocycles. The highest BCUT2D eigenvalue weighted by Gasteiger charge is 2.46. The summed E-state index contributed by atoms with van der Waals surface area (Å²) in [7, 11) is 1.49. The number of benzene rings is 2. The van der Waals surface area contributed by atoms with E-state index in [2.05, 4.69) is 15.2 Å². The van der Waals surface area contributed by atoms with Crippen molar-refractivity contribution in [1.82, 2.24) is 14.8 Å². The molecule has 1 saturated heterocycles. The van der Waals surface area contributed by atoms with E-state index in [9.17, 15) is 8.42 Å². The van der Waals surface area contributed by atoms with Gasteiger partial charge in [0.1, 0.15) is 18.5 Å². The molecular formula is C25H30N4O7S. The molecule has 0 amide bonds. The Hall–Kier alpha value is -3.16. The maximum atomic E-state index is 11.7. The van der Waals surface area contributed by atoms with Crippen LogP contribution in [0.15, 0.2) is 64.9 Å². The van der Waals surface area contributed by atoms with E-state index in [0.29, 0.717) is 11.5 Å². The lowest BCUT2D eigenvalue weighted by Crippen LogP contribution is -2.59. The zero-order valence-corrected chi connectivity index (χ0v) is 22.0. The molecule has 1 fully saturated rings. The Morgan fingerprint density at radius 1 is 0.946 bits per heavy atom. The molecule has 2 aromatic carbocycles. The topological polar surface area (TPSA) is 123 Å². The molecule has 1 aliphatic heterocycles. The molecule has 1 aliphatic rings. The Morgan fingerprint density at radius 3 is 2.19 bits per heavy atom. The van der Waals surface area contributed by atoms with Gasteiger partial charge in [-0.3, -0.25) is 0 Å². The van der Waals surface area contributed by atoms with Crippen LogP contribution in [0.25, 0.3) is 17.1 Å². The maximum absolute atomic E-state index is 11.7. The normalized spacial score (nSPS) is 24.4. The summed E-state index contributed by atoms with van der Waals surface area (Å²) in [6, 6.07) is 13.9. The van der Waals surface area contributed by atoms with E-state index in [1.807, 2.05) is 31.2 Å². The first kappa shape index (κ1) is 26.9. The minimum absolute atomic E-state index is 0.248. The van der Waals surface area contributed by atoms with Crippen LogP contribution in [0.2, 0.25) is 0 Å². The number of rotatable bonds is 9. The summed E-state index contributed by atoms with van der Waals surface area (Å²) < 4.78 is 47.4. The van der Waals surface area contributed by atoms with Gasteiger partial charge in [-0.25, -0.2) is 18.1 Å². The van der Waals surface area contributed by atoms with Crippen LogP contribution < -0.4 is 0 Å². The van der Waals surface area contributed by atoms with Gasteiger partial charge < -0.3 is 23.8 Å². The van der Waals surface area contributed by atoms with Crippen LogP contribution in [-0.2, 0) is 33.6 Å². The van der Waals surface area contributed by atoms with E-state index in [4.69, 9.17) is 23.8 Å². The Morgan fingerprint density at radius 2 is 1.59 bits per heavy atom. The number of methoxy groups -OCH3 is 3. The Labute approximate surface area is 215 Å². The Balaban J connectivity index is 1.40. The van der Waals surface area contributed by atoms with Gasteiger partial charge in [-0.05, 0) is 36.8 Å². The molecule has 37 heavy (non-hydrogen) atoms. The number of oxime groups is 1. The van der Waals surface area contributed by atoms with Crippen molar-refractivity contribution in [3.8, 4) is 17.1 Å². The van der Waals surface area contributed by atoms with Gasteiger partial charge in [-0.1, -0.05) is 29.4 Å². The number of aromatic nitrogens is 3. The smallest absolute Gasteiger partial charge is 0.256 e. The van der Waals surface area contributed by atoms with Gasteiger partial charge >= 0.3 is 0 Å². The number of ether oxygens (including phenoxy) is 4. The maximum Gasteiger partial charge on any atom is 0.256 e. The fraction of sp³-hybridized carbons (Fsp3) is 0.400. The molecule has 3 aromatic rings. The Bertz CT molecular complexity index is 1310. The summed E-state index contributed by atoms with van der Waals surface area (Å²) >= 11 is 0. The molecule has 0 unspecified atom stereocenters. The van der Waals surface area contributed by atoms with Crippen LogP contribution in [-0.4, -0.2) is 87.7 Å². The van der Waals surface area contributed by atoms with Gasteiger partial charge in [0.05, 0.1) is 22.9 Å². The van der Waals surface area contributed by atoms with E-state index < -0.39 is 22.2 Å². The largest absolute Gasteiger partial charge is 0.376 e. The molecule has 0 bridgehead atoms. The molecule has 5 atom stereocenters. The third-order valence-corrected chi connectivity index (χ3v) is 7.23. The van der Waals surface area contributed by atoms with Crippen molar-refractivity contribution in [1.29, 1.82) is 0 Å². The summed E-state index contributed by atoms with van der Waals surface area (Å²) in [5.74, 6) is 0.526. The minimum Gasteiger partial charge on any atom is -0.376 e. The van der Waals surface area contributed by atoms with Gasteiger partial charge in [0, 0.05) is 33.1 Å². The van der Waals surface area contributed by atoms with E-state index in [1.54, 1.807) is 62.8 Å². The van der Waals surface area contributed by atoms with Crippen LogP contribution in [0, 0.1) is 0 Å². The van der Waals surface area contributed by atoms with Gasteiger partial charge in [-0.15, -0.1) is 5.10 Å². The number of hydrogen-bond donors (Lipinski definition) is 0. The van der Waals surface area contributed by atoms with E-state index in [-0.39, 0.29) is 23.2 Å². The van der Waals surface area contributed by atoms with E-state index in [0.717, 1.165) is 11.1 Å². The van der Waals surface area contributed by atoms with Gasteiger partial charge in [-0.2, -0.15) is 0 Å². The monoisotopic (exact) mass is 530 g/mol. The fourth-order valence-corrected chi connectivity index (χ4v) is 4.77. The highest BCUT2D eigenvalue weighted by molar-refractivity contribution is 7.90. The third-order valence-electron chi connectivity index (χ3n) is 6.10. The molecule has 12 heteroatoms. The number of hydrogen-bond acceptors (Lipinski definition) is 10. The first-order valence-corrected chi connectivity index (χ1v) is 13.4. The van der Waals surface area contributed by atoms with Crippen molar-refractivity contribution >= 4 is 16.1 Å². The molecular weight excluding hydrogens is 500 g/mol. The molecule has 0 saturated carbocycles. The zero-order valence-electron chi connectivity index (χ0n) is 21.2. The van der Waals surface area contributed by atoms with Crippen molar-refractivity contribution in [2.24, 2.45) is 5.16 Å². The summed E-state index contributed by atoms with van der Waals surface area (Å²) in [4.78, 5) is 10.2. The van der Waals surface area contributed by atoms with Crippen LogP contribution in [0.5, 0.6) is 0 Å². The van der Waals surface area contributed by atoms with E-state index in [1.165, 1.54) is 6.26 Å². The second kappa shape index (κ2) is 11.5. The van der Waals surface area contributed by atoms with Crippen molar-refractivity contribution < 1.29 is 32.2 Å². The quantitative estimate of drug-likeness (QED) is 0.303. The summed E-state index contributed by atoms with van der Waals surface area (Å²) in [5, 5.41) is 8.58. The third kappa shape index (κ3) is 6.05. The summed E-state index contributed by atoms with van der Waals surface area (Å²) in [6.07, 6.45) is 2.10. The van der Waals surface area contributed by atoms with Gasteiger partial charge in [0.15, 0.2) is 21.8 Å². The summed E-state index contributed by atoms with van der Waals surface area (Å²) in [5.41, 5.74) is 2.31. The highest BCUT2D eigenvalue weighted by Crippen LogP contribution is 2.27. The summed E-state index contributed by atoms with van der Waals surface area (Å²) in [6.45, 7) is 1.88. The molecule has 4 rings (SSSR count). The molecule has 198 valence electrons. The average Bonchev–Trinajstić information content (AvgIpc) is 3.38. The number of sulfone groups is 1. The Kier molecular flexibility index (Phi) is 8.35. The lowest BCUT2D eigenvalue weighted by molar-refractivity contribution is -0.305. The lowest BCUT2D eigenvalue weighted by Gasteiger charge is -2.42. The molecule has 0 radical (unpaired) electrons. The first-order valence-electron chi connectivity index (χ1n) is 11.5. The predicted octanol–water partition coefficient (Wildman–Crippen LogP) is 2.48. The number of nitrogens with zero attached hydrogens (tertiary/aromatic N) is 4. The first-order chi connectivity index (χ1) is 17.7. The van der Waals surface area contributed by atoms with Crippen LogP contribution in [0.1, 0.15) is 12.5 Å². The van der Waals surface area contributed by atoms with Gasteiger partial charge in [0.2, 0.25) is 0 Å². The average molecular weight is 531 g/mol. The SMILES string of the molecule is CO[C@@H]1[C@@H](OC)[C@H](C)O[C@@H](O/N=C\c2ccc(-c3ncn(-c4ccc(S(C)(=O)=O)cc4)n3)cc2)[C@@H]1OC. The van der Waals surface area contributed by atoms with Crippen molar-refractivity contribution in [2.45, 2.75) is 42.5 Å². The molecule has 1 aromatic heterocycles. The predicted molar refractivity (Wildman–Crippen MR) is 135 cm³/mol. The fourth-order valence-electron chi connectivity index (χ4n) is 4.13. The van der Waals surface area contributed by atoms with Crippen LogP contribution >= 0.6 is 0 Å².